The molecule has 0 amide bonds. The van der Waals surface area contributed by atoms with Gasteiger partial charge in [0.05, 0.1) is 0 Å². The van der Waals surface area contributed by atoms with Crippen LogP contribution in [0.1, 0.15) is 100 Å². The van der Waals surface area contributed by atoms with E-state index in [9.17, 15) is 0 Å². The molecule has 13 heteroatoms. The molecular weight excluding hydrogens is 1290 g/mol. The second-order valence-corrected chi connectivity index (χ2v) is 28.3. The number of nitrogen functional groups attached to an aromatic ring is 1. The van der Waals surface area contributed by atoms with Crippen molar-refractivity contribution in [2.75, 3.05) is 16.0 Å². The van der Waals surface area contributed by atoms with Crippen LogP contribution in [0, 0.1) is 20.8 Å². The number of halogens is 4. The van der Waals surface area contributed by atoms with E-state index >= 15 is 0 Å². The van der Waals surface area contributed by atoms with Crippen LogP contribution in [0.4, 0.5) is 34.1 Å². The van der Waals surface area contributed by atoms with E-state index in [-0.39, 0.29) is 35.8 Å². The number of nitrogens with two attached hydrogens (primary N) is 1. The van der Waals surface area contributed by atoms with Gasteiger partial charge in [-0.05, 0) is 174 Å². The molecule has 7 nitrogen and oxygen atoms in total. The summed E-state index contributed by atoms with van der Waals surface area (Å²) in [5.41, 5.74) is 15.6. The number of carboxylic acid groups (broad SMARTS) is 2. The van der Waals surface area contributed by atoms with E-state index in [0.29, 0.717) is 15.5 Å². The van der Waals surface area contributed by atoms with Gasteiger partial charge >= 0.3 is 0 Å². The molecule has 8 aromatic rings. The molecule has 0 bridgehead atoms. The number of para-hydroxylation sites is 2. The fourth-order valence-corrected chi connectivity index (χ4v) is 15.2. The summed E-state index contributed by atoms with van der Waals surface area (Å²) in [6.45, 7) is 29.8. The summed E-state index contributed by atoms with van der Waals surface area (Å²) in [6, 6.07) is 70.5. The van der Waals surface area contributed by atoms with Gasteiger partial charge in [0, 0.05) is 87.4 Å². The molecule has 8 aromatic carbocycles. The van der Waals surface area contributed by atoms with Crippen molar-refractivity contribution in [1.82, 2.24) is 0 Å². The van der Waals surface area contributed by atoms with Crippen molar-refractivity contribution >= 4 is 109 Å². The molecule has 0 unspecified atom stereocenters. The van der Waals surface area contributed by atoms with Gasteiger partial charge in [-0.3, -0.25) is 9.59 Å². The molecule has 0 aromatic heterocycles. The summed E-state index contributed by atoms with van der Waals surface area (Å²) in [5, 5.41) is 21.0. The summed E-state index contributed by atoms with van der Waals surface area (Å²) >= 11 is 18.2. The van der Waals surface area contributed by atoms with Crippen molar-refractivity contribution in [3.05, 3.63) is 248 Å². The van der Waals surface area contributed by atoms with Gasteiger partial charge in [0.1, 0.15) is 0 Å². The first-order valence-electron chi connectivity index (χ1n) is 25.6. The number of carbonyl (C=O) groups is 2. The van der Waals surface area contributed by atoms with Crippen molar-refractivity contribution in [1.29, 1.82) is 0 Å². The summed E-state index contributed by atoms with van der Waals surface area (Å²) in [4.78, 5) is 20.2. The van der Waals surface area contributed by atoms with Gasteiger partial charge in [0.15, 0.2) is 0 Å². The molecule has 0 atom stereocenters. The third-order valence-corrected chi connectivity index (χ3v) is 15.6. The number of hydrogen-bond donors (Lipinski definition) is 4. The number of benzene rings is 8. The van der Waals surface area contributed by atoms with Crippen molar-refractivity contribution in [3.8, 4) is 0 Å². The smallest absolute Gasteiger partial charge is 0.300 e. The van der Waals surface area contributed by atoms with Crippen LogP contribution in [0.5, 0.6) is 0 Å². The Morgan fingerprint density at radius 1 is 0.457 bits per heavy atom. The molecule has 0 saturated heterocycles. The van der Waals surface area contributed by atoms with Gasteiger partial charge in [-0.25, -0.2) is 0 Å². The van der Waals surface area contributed by atoms with Crippen LogP contribution in [0.3, 0.4) is 0 Å². The number of aliphatic carboxylic acids is 2. The molecule has 0 aliphatic heterocycles. The van der Waals surface area contributed by atoms with Gasteiger partial charge in [0.25, 0.3) is 11.9 Å². The third-order valence-electron chi connectivity index (χ3n) is 10.0. The molecule has 440 valence electrons. The van der Waals surface area contributed by atoms with Crippen LogP contribution in [0.25, 0.3) is 0 Å². The normalized spacial score (nSPS) is 10.0. The van der Waals surface area contributed by atoms with Crippen LogP contribution in [0.2, 0.25) is 10.0 Å². The number of anilines is 6. The van der Waals surface area contributed by atoms with E-state index in [0.717, 1.165) is 67.0 Å². The third kappa shape index (κ3) is 37.5. The maximum Gasteiger partial charge on any atom is 0.300 e. The number of nitrogens with zero attached hydrogens (tertiary/aromatic N) is 1. The van der Waals surface area contributed by atoms with Gasteiger partial charge in [-0.15, -0.1) is 0 Å². The van der Waals surface area contributed by atoms with E-state index in [1.54, 1.807) is 0 Å². The predicted molar refractivity (Wildman–Crippen MR) is 360 cm³/mol. The quantitative estimate of drug-likeness (QED) is 0.0771. The zero-order chi connectivity index (χ0) is 59.8. The zero-order valence-electron chi connectivity index (χ0n) is 48.7. The predicted octanol–water partition coefficient (Wildman–Crippen LogP) is 22.7. The first-order chi connectivity index (χ1) is 36.9. The first-order valence-corrected chi connectivity index (χ1v) is 29.3. The van der Waals surface area contributed by atoms with Gasteiger partial charge in [-0.1, -0.05) is 224 Å². The Bertz CT molecular complexity index is 2850. The molecule has 0 heterocycles. The minimum Gasteiger partial charge on any atom is -0.481 e. The second-order valence-electron chi connectivity index (χ2n) is 20.9. The van der Waals surface area contributed by atoms with Gasteiger partial charge < -0.3 is 26.2 Å². The van der Waals surface area contributed by atoms with Crippen LogP contribution in [-0.2, 0) is 30.0 Å². The molecule has 0 radical (unpaired) electrons. The van der Waals surface area contributed by atoms with Crippen molar-refractivity contribution in [2.24, 2.45) is 0 Å². The molecule has 0 saturated carbocycles. The van der Waals surface area contributed by atoms with Crippen molar-refractivity contribution < 1.29 is 40.2 Å². The van der Waals surface area contributed by atoms with E-state index in [4.69, 9.17) is 48.7 Å². The molecular formula is C68H86Br2Cl2N3O4PPd. The van der Waals surface area contributed by atoms with E-state index < -0.39 is 11.9 Å². The van der Waals surface area contributed by atoms with Crippen molar-refractivity contribution in [2.45, 2.75) is 120 Å². The summed E-state index contributed by atoms with van der Waals surface area (Å²) < 4.78 is 2.19. The molecule has 81 heavy (non-hydrogen) atoms. The van der Waals surface area contributed by atoms with E-state index in [1.165, 1.54) is 16.7 Å². The summed E-state index contributed by atoms with van der Waals surface area (Å²) in [6.07, 6.45) is 0. The number of hydrogen-bond acceptors (Lipinski definition) is 5. The molecule has 0 fully saturated rings. The number of carboxylic acids is 2. The zero-order valence-corrected chi connectivity index (χ0v) is 55.9. The number of aryl methyl sites for hydroxylation is 3. The standard InChI is InChI=1S/C19H16ClN.C13H13N.C12H27P.C7H9N.C6H4BrCl.C6H5Br.2C2H4O2.CH4.Pd/c1-15-6-5-9-19(14-15)21(17-7-3-2-4-8-17)18-12-10-16(20)11-13-18;1-11-6-5-9-13(10-11)14-12-7-3-2-4-8-12;1-10(2,3)13(11(4,5)6)12(7,8)9;1-6-3-2-4-7(8)5-6;7-5-1-3-6(8)4-2-5;7-6-4-2-1-3-5-6;2*1-2(3)4;;/h2-14H,1H3;2-10,14H,1H3;1-9H3;2-5H,8H2,1H3;1-4H;1-5H;2*1H3,(H,3,4);1H4;. The van der Waals surface area contributed by atoms with E-state index in [2.05, 4.69) is 191 Å². The average Bonchev–Trinajstić information content (AvgIpc) is 3.33. The largest absolute Gasteiger partial charge is 0.481 e. The maximum absolute atomic E-state index is 9.00. The first kappa shape index (κ1) is 77.8. The summed E-state index contributed by atoms with van der Waals surface area (Å²) in [7, 11) is 0.0162. The summed E-state index contributed by atoms with van der Waals surface area (Å²) in [5.74, 6) is -1.67. The number of rotatable bonds is 5. The Kier molecular flexibility index (Phi) is 39.2. The van der Waals surface area contributed by atoms with Crippen molar-refractivity contribution in [3.63, 3.8) is 0 Å². The van der Waals surface area contributed by atoms with Crippen LogP contribution >= 0.6 is 63.0 Å². The fourth-order valence-electron chi connectivity index (χ4n) is 8.33. The second kappa shape index (κ2) is 40.8. The monoisotopic (exact) mass is 1370 g/mol. The number of nitrogens with one attached hydrogen (secondary N) is 1. The minimum atomic E-state index is -0.833. The Balaban J connectivity index is 0. The van der Waals surface area contributed by atoms with Crippen LogP contribution < -0.4 is 16.0 Å². The molecule has 5 N–H and O–H groups in total. The van der Waals surface area contributed by atoms with Gasteiger partial charge in [-0.2, -0.15) is 0 Å². The Morgan fingerprint density at radius 2 is 0.778 bits per heavy atom. The van der Waals surface area contributed by atoms with Crippen LogP contribution in [0.15, 0.2) is 221 Å². The SMILES string of the molecule is Brc1ccccc1.C.CC(=O)O.CC(=O)O.CC(C)(C)P(C(C)(C)C)C(C)(C)C.Cc1cccc(N(c2ccccc2)c2ccc(Cl)cc2)c1.Cc1cccc(N)c1.Cc1cccc(Nc2ccccc2)c1.Clc1ccc(Br)cc1.[Pd]. The van der Waals surface area contributed by atoms with Gasteiger partial charge in [0.2, 0.25) is 0 Å². The molecule has 8 rings (SSSR count). The maximum atomic E-state index is 9.00. The Morgan fingerprint density at radius 3 is 1.11 bits per heavy atom. The fraction of sp³-hybridized carbons (Fsp3) is 0.265. The molecule has 0 aliphatic carbocycles. The minimum absolute atomic E-state index is 0. The van der Waals surface area contributed by atoms with E-state index in [1.807, 2.05) is 146 Å². The Hall–Kier alpha value is -5.27. The average molecular weight is 1380 g/mol. The molecule has 0 aliphatic rings. The van der Waals surface area contributed by atoms with Crippen LogP contribution in [-0.4, -0.2) is 37.6 Å². The topological polar surface area (TPSA) is 116 Å². The Labute approximate surface area is 528 Å². The molecule has 0 spiro atoms.